The predicted molar refractivity (Wildman–Crippen MR) is 189 cm³/mol. The molecule has 0 spiro atoms. The second-order valence-corrected chi connectivity index (χ2v) is 13.6. The molecule has 230 valence electrons. The summed E-state index contributed by atoms with van der Waals surface area (Å²) in [6, 6.07) is 37.0. The first-order chi connectivity index (χ1) is 23.2. The highest BCUT2D eigenvalue weighted by molar-refractivity contribution is 6.09. The number of nitrogens with zero attached hydrogens (tertiary/aromatic N) is 4. The Morgan fingerprint density at radius 2 is 1.48 bits per heavy atom. The van der Waals surface area contributed by atoms with Crippen molar-refractivity contribution in [3.05, 3.63) is 143 Å². The SMILES string of the molecule is [2H]C([2H])([2H])c1cc(C)n(-c2cccc(Oc3ccc4c5cc(C(C)(C)c6ccccc6)ccc5n(-c5cc(C(C)(C)C)ccn5)c4c3)c2)n1. The molecule has 0 radical (unpaired) electrons. The van der Waals surface area contributed by atoms with Gasteiger partial charge in [-0.15, -0.1) is 0 Å². The van der Waals surface area contributed by atoms with Crippen molar-refractivity contribution in [1.82, 2.24) is 19.3 Å². The number of aryl methyl sites for hydroxylation is 2. The molecule has 46 heavy (non-hydrogen) atoms. The quantitative estimate of drug-likeness (QED) is 0.189. The summed E-state index contributed by atoms with van der Waals surface area (Å²) in [6.07, 6.45) is 1.89. The van der Waals surface area contributed by atoms with E-state index in [0.717, 1.165) is 39.0 Å². The van der Waals surface area contributed by atoms with Crippen LogP contribution in [-0.4, -0.2) is 19.3 Å². The summed E-state index contributed by atoms with van der Waals surface area (Å²) in [7, 11) is 0. The number of benzene rings is 4. The maximum Gasteiger partial charge on any atom is 0.137 e. The van der Waals surface area contributed by atoms with Gasteiger partial charge in [0.25, 0.3) is 0 Å². The minimum absolute atomic E-state index is 0.0419. The van der Waals surface area contributed by atoms with Crippen molar-refractivity contribution in [2.45, 2.75) is 59.2 Å². The van der Waals surface area contributed by atoms with Gasteiger partial charge >= 0.3 is 0 Å². The average molecular weight is 608 g/mol. The lowest BCUT2D eigenvalue weighted by Gasteiger charge is -2.26. The fraction of sp³-hybridized carbons (Fsp3) is 0.220. The Hall–Kier alpha value is -5.16. The summed E-state index contributed by atoms with van der Waals surface area (Å²) in [4.78, 5) is 4.87. The van der Waals surface area contributed by atoms with Gasteiger partial charge in [-0.1, -0.05) is 77.1 Å². The number of aromatic nitrogens is 4. The molecule has 0 amide bonds. The Morgan fingerprint density at radius 1 is 0.674 bits per heavy atom. The molecular formula is C41H40N4O. The van der Waals surface area contributed by atoms with Gasteiger partial charge in [0, 0.05) is 44.3 Å². The van der Waals surface area contributed by atoms with Crippen LogP contribution in [0.25, 0.3) is 33.3 Å². The van der Waals surface area contributed by atoms with Crippen molar-refractivity contribution in [1.29, 1.82) is 0 Å². The molecule has 0 saturated heterocycles. The molecule has 0 fully saturated rings. The summed E-state index contributed by atoms with van der Waals surface area (Å²) in [5, 5.41) is 6.62. The van der Waals surface area contributed by atoms with Crippen LogP contribution in [0.1, 0.15) is 66.8 Å². The molecule has 0 aliphatic carbocycles. The smallest absolute Gasteiger partial charge is 0.137 e. The Labute approximate surface area is 275 Å². The normalized spacial score (nSPS) is 13.5. The minimum atomic E-state index is -2.28. The van der Waals surface area contributed by atoms with Crippen LogP contribution in [0.4, 0.5) is 0 Å². The maximum atomic E-state index is 7.77. The third-order valence-electron chi connectivity index (χ3n) is 8.98. The first-order valence-electron chi connectivity index (χ1n) is 17.2. The molecule has 0 unspecified atom stereocenters. The van der Waals surface area contributed by atoms with E-state index in [1.54, 1.807) is 10.7 Å². The third-order valence-corrected chi connectivity index (χ3v) is 8.98. The molecule has 5 heteroatoms. The van der Waals surface area contributed by atoms with Crippen LogP contribution in [-0.2, 0) is 10.8 Å². The number of hydrogen-bond acceptors (Lipinski definition) is 3. The van der Waals surface area contributed by atoms with E-state index < -0.39 is 6.85 Å². The van der Waals surface area contributed by atoms with Crippen LogP contribution >= 0.6 is 0 Å². The Kier molecular flexibility index (Phi) is 6.25. The van der Waals surface area contributed by atoms with Gasteiger partial charge in [-0.25, -0.2) is 9.67 Å². The Balaban J connectivity index is 1.36. The molecule has 7 aromatic rings. The lowest BCUT2D eigenvalue weighted by molar-refractivity contribution is 0.482. The van der Waals surface area contributed by atoms with Crippen molar-refractivity contribution in [3.8, 4) is 23.0 Å². The number of ether oxygens (including phenoxy) is 1. The van der Waals surface area contributed by atoms with Crippen LogP contribution in [0.5, 0.6) is 11.5 Å². The van der Waals surface area contributed by atoms with Crippen LogP contribution in [0, 0.1) is 13.8 Å². The molecule has 4 aromatic carbocycles. The molecule has 0 bridgehead atoms. The highest BCUT2D eigenvalue weighted by atomic mass is 16.5. The van der Waals surface area contributed by atoms with Gasteiger partial charge in [0.2, 0.25) is 0 Å². The van der Waals surface area contributed by atoms with Gasteiger partial charge in [-0.2, -0.15) is 5.10 Å². The molecule has 0 N–H and O–H groups in total. The summed E-state index contributed by atoms with van der Waals surface area (Å²) in [5.74, 6) is 2.14. The molecule has 3 heterocycles. The maximum absolute atomic E-state index is 7.77. The molecule has 0 aliphatic heterocycles. The Morgan fingerprint density at radius 3 is 2.24 bits per heavy atom. The second kappa shape index (κ2) is 11.0. The van der Waals surface area contributed by atoms with Crippen molar-refractivity contribution in [3.63, 3.8) is 0 Å². The standard InChI is InChI=1S/C41H40N4O/c1-27-22-28(2)45(43-27)32-14-11-15-33(25-32)46-34-17-18-35-36-23-31(41(6,7)29-12-9-8-10-13-29)16-19-37(36)44(38(35)26-34)39-24-30(20-21-42-39)40(3,4)5/h8-26H,1-7H3/i1D3. The van der Waals surface area contributed by atoms with E-state index in [1.165, 1.54) is 16.7 Å². The zero-order chi connectivity index (χ0) is 34.7. The first-order valence-corrected chi connectivity index (χ1v) is 15.7. The highest BCUT2D eigenvalue weighted by Crippen LogP contribution is 2.39. The van der Waals surface area contributed by atoms with E-state index >= 15 is 0 Å². The predicted octanol–water partition coefficient (Wildman–Crippen LogP) is 10.4. The fourth-order valence-electron chi connectivity index (χ4n) is 6.28. The molecular weight excluding hydrogens is 564 g/mol. The fourth-order valence-corrected chi connectivity index (χ4v) is 6.28. The average Bonchev–Trinajstić information content (AvgIpc) is 3.62. The van der Waals surface area contributed by atoms with Crippen LogP contribution < -0.4 is 4.74 Å². The molecule has 7 rings (SSSR count). The molecule has 0 atom stereocenters. The molecule has 5 nitrogen and oxygen atoms in total. The summed E-state index contributed by atoms with van der Waals surface area (Å²) in [6.45, 7) is 10.7. The minimum Gasteiger partial charge on any atom is -0.457 e. The lowest BCUT2D eigenvalue weighted by atomic mass is 9.78. The van der Waals surface area contributed by atoms with Gasteiger partial charge in [0.05, 0.1) is 22.4 Å². The van der Waals surface area contributed by atoms with Gasteiger partial charge in [0.1, 0.15) is 17.3 Å². The number of rotatable bonds is 6. The van der Waals surface area contributed by atoms with Crippen molar-refractivity contribution < 1.29 is 8.85 Å². The van der Waals surface area contributed by atoms with Crippen LogP contribution in [0.3, 0.4) is 0 Å². The highest BCUT2D eigenvalue weighted by Gasteiger charge is 2.25. The van der Waals surface area contributed by atoms with E-state index in [0.29, 0.717) is 11.5 Å². The molecule has 3 aromatic heterocycles. The van der Waals surface area contributed by atoms with Crippen molar-refractivity contribution in [2.75, 3.05) is 0 Å². The summed E-state index contributed by atoms with van der Waals surface area (Å²) >= 11 is 0. The first kappa shape index (κ1) is 26.1. The van der Waals surface area contributed by atoms with Crippen molar-refractivity contribution in [2.24, 2.45) is 0 Å². The largest absolute Gasteiger partial charge is 0.457 e. The zero-order valence-corrected chi connectivity index (χ0v) is 27.2. The van der Waals surface area contributed by atoms with E-state index in [1.807, 2.05) is 43.5 Å². The van der Waals surface area contributed by atoms with Gasteiger partial charge < -0.3 is 4.74 Å². The van der Waals surface area contributed by atoms with E-state index in [2.05, 4.69) is 117 Å². The Bertz CT molecular complexity index is 2330. The van der Waals surface area contributed by atoms with Gasteiger partial charge in [-0.05, 0) is 90.5 Å². The number of pyridine rings is 1. The van der Waals surface area contributed by atoms with E-state index in [9.17, 15) is 0 Å². The van der Waals surface area contributed by atoms with E-state index in [-0.39, 0.29) is 16.5 Å². The number of hydrogen-bond donors (Lipinski definition) is 0. The van der Waals surface area contributed by atoms with Gasteiger partial charge in [-0.3, -0.25) is 4.57 Å². The topological polar surface area (TPSA) is 44.9 Å². The summed E-state index contributed by atoms with van der Waals surface area (Å²) < 4.78 is 33.7. The van der Waals surface area contributed by atoms with Crippen LogP contribution in [0.15, 0.2) is 115 Å². The monoisotopic (exact) mass is 607 g/mol. The number of fused-ring (bicyclic) bond motifs is 3. The molecule has 0 saturated carbocycles. The molecule has 0 aliphatic rings. The van der Waals surface area contributed by atoms with Gasteiger partial charge in [0.15, 0.2) is 0 Å². The third kappa shape index (κ3) is 5.26. The second-order valence-electron chi connectivity index (χ2n) is 13.6. The van der Waals surface area contributed by atoms with Crippen molar-refractivity contribution >= 4 is 21.8 Å². The zero-order valence-electron chi connectivity index (χ0n) is 30.2. The summed E-state index contributed by atoms with van der Waals surface area (Å²) in [5.41, 5.74) is 7.03. The van der Waals surface area contributed by atoms with E-state index in [4.69, 9.17) is 13.8 Å². The van der Waals surface area contributed by atoms with Crippen LogP contribution in [0.2, 0.25) is 0 Å². The lowest BCUT2D eigenvalue weighted by Crippen LogP contribution is -2.18.